The molecule has 0 rings (SSSR count). The van der Waals surface area contributed by atoms with Crippen LogP contribution >= 0.6 is 0 Å². The van der Waals surface area contributed by atoms with Gasteiger partial charge in [-0.15, -0.1) is 6.58 Å². The minimum Gasteiger partial charge on any atom is -0.298 e. The highest BCUT2D eigenvalue weighted by Crippen LogP contribution is 2.13. The third-order valence-corrected chi connectivity index (χ3v) is 1.69. The van der Waals surface area contributed by atoms with Crippen molar-refractivity contribution in [2.45, 2.75) is 39.7 Å². The molecular formula is C10H18O3. The lowest BCUT2D eigenvalue weighted by Gasteiger charge is -2.17. The van der Waals surface area contributed by atoms with E-state index in [1.165, 1.54) is 6.92 Å². The van der Waals surface area contributed by atoms with E-state index in [0.29, 0.717) is 5.92 Å². The van der Waals surface area contributed by atoms with Crippen LogP contribution in [0.4, 0.5) is 0 Å². The topological polar surface area (TPSA) is 35.5 Å². The number of allylic oxidation sites excluding steroid dienone is 1. The quantitative estimate of drug-likeness (QED) is 0.363. The van der Waals surface area contributed by atoms with E-state index in [2.05, 4.69) is 11.5 Å². The fourth-order valence-electron chi connectivity index (χ4n) is 0.904. The summed E-state index contributed by atoms with van der Waals surface area (Å²) in [6, 6.07) is 0. The van der Waals surface area contributed by atoms with Crippen LogP contribution in [0.1, 0.15) is 33.6 Å². The number of carbonyl (C=O) groups excluding carboxylic acids is 1. The molecule has 3 nitrogen and oxygen atoms in total. The Hall–Kier alpha value is -0.830. The van der Waals surface area contributed by atoms with Gasteiger partial charge in [0.25, 0.3) is 0 Å². The molecule has 76 valence electrons. The maximum absolute atomic E-state index is 10.5. The first-order valence-electron chi connectivity index (χ1n) is 4.52. The highest BCUT2D eigenvalue weighted by atomic mass is 17.2. The first kappa shape index (κ1) is 12.2. The zero-order valence-electron chi connectivity index (χ0n) is 8.58. The maximum atomic E-state index is 10.5. The molecule has 1 atom stereocenters. The molecule has 0 N–H and O–H groups in total. The molecular weight excluding hydrogens is 168 g/mol. The summed E-state index contributed by atoms with van der Waals surface area (Å²) >= 11 is 0. The molecule has 0 spiro atoms. The zero-order chi connectivity index (χ0) is 10.3. The van der Waals surface area contributed by atoms with Gasteiger partial charge in [0.05, 0.1) is 0 Å². The predicted molar refractivity (Wildman–Crippen MR) is 50.9 cm³/mol. The van der Waals surface area contributed by atoms with Crippen molar-refractivity contribution in [1.82, 2.24) is 0 Å². The van der Waals surface area contributed by atoms with Gasteiger partial charge in [0.15, 0.2) is 0 Å². The molecule has 13 heavy (non-hydrogen) atoms. The Balaban J connectivity index is 3.79. The van der Waals surface area contributed by atoms with Crippen LogP contribution < -0.4 is 0 Å². The average molecular weight is 186 g/mol. The summed E-state index contributed by atoms with van der Waals surface area (Å²) in [5.41, 5.74) is 0. The van der Waals surface area contributed by atoms with Crippen molar-refractivity contribution in [2.24, 2.45) is 5.92 Å². The van der Waals surface area contributed by atoms with Crippen molar-refractivity contribution in [3.8, 4) is 0 Å². The van der Waals surface area contributed by atoms with Crippen LogP contribution in [0.15, 0.2) is 12.7 Å². The molecule has 0 radical (unpaired) electrons. The van der Waals surface area contributed by atoms with Gasteiger partial charge in [-0.25, -0.2) is 4.79 Å². The Morgan fingerprint density at radius 1 is 1.54 bits per heavy atom. The number of hydrogen-bond acceptors (Lipinski definition) is 3. The van der Waals surface area contributed by atoms with E-state index in [-0.39, 0.29) is 6.10 Å². The molecule has 0 fully saturated rings. The minimum absolute atomic E-state index is 0.0399. The van der Waals surface area contributed by atoms with Crippen molar-refractivity contribution in [2.75, 3.05) is 0 Å². The lowest BCUT2D eigenvalue weighted by molar-refractivity contribution is -0.304. The molecule has 0 aliphatic heterocycles. The van der Waals surface area contributed by atoms with Crippen LogP contribution in [0.25, 0.3) is 0 Å². The van der Waals surface area contributed by atoms with E-state index in [9.17, 15) is 4.79 Å². The highest BCUT2D eigenvalue weighted by Gasteiger charge is 2.15. The molecule has 0 aliphatic rings. The molecule has 3 heteroatoms. The average Bonchev–Trinajstić information content (AvgIpc) is 2.03. The van der Waals surface area contributed by atoms with Gasteiger partial charge in [-0.1, -0.05) is 19.9 Å². The van der Waals surface area contributed by atoms with Crippen molar-refractivity contribution in [3.05, 3.63) is 12.7 Å². The number of carbonyl (C=O) groups is 1. The Labute approximate surface area is 79.7 Å². The van der Waals surface area contributed by atoms with Crippen LogP contribution in [0.2, 0.25) is 0 Å². The summed E-state index contributed by atoms with van der Waals surface area (Å²) in [5.74, 6) is -0.0800. The van der Waals surface area contributed by atoms with Gasteiger partial charge >= 0.3 is 5.97 Å². The van der Waals surface area contributed by atoms with Gasteiger partial charge in [0.2, 0.25) is 0 Å². The first-order chi connectivity index (χ1) is 6.07. The summed E-state index contributed by atoms with van der Waals surface area (Å²) in [5, 5.41) is 0. The van der Waals surface area contributed by atoms with Crippen LogP contribution in [0, 0.1) is 5.92 Å². The largest absolute Gasteiger partial charge is 0.339 e. The molecule has 0 bridgehead atoms. The summed E-state index contributed by atoms with van der Waals surface area (Å²) in [7, 11) is 0. The van der Waals surface area contributed by atoms with Crippen LogP contribution in [0.3, 0.4) is 0 Å². The van der Waals surface area contributed by atoms with Gasteiger partial charge in [0, 0.05) is 6.92 Å². The third kappa shape index (κ3) is 6.34. The second-order valence-electron chi connectivity index (χ2n) is 3.32. The normalized spacial score (nSPS) is 12.6. The van der Waals surface area contributed by atoms with E-state index in [0.717, 1.165) is 12.8 Å². The van der Waals surface area contributed by atoms with Crippen molar-refractivity contribution < 1.29 is 14.6 Å². The van der Waals surface area contributed by atoms with Gasteiger partial charge in [0.1, 0.15) is 6.10 Å². The Morgan fingerprint density at radius 3 is 2.54 bits per heavy atom. The SMILES string of the molecule is C=CCCC(OOC(C)=O)C(C)C. The third-order valence-electron chi connectivity index (χ3n) is 1.69. The van der Waals surface area contributed by atoms with Gasteiger partial charge in [-0.05, 0) is 18.8 Å². The maximum Gasteiger partial charge on any atom is 0.339 e. The summed E-state index contributed by atoms with van der Waals surface area (Å²) in [6.07, 6.45) is 3.48. The van der Waals surface area contributed by atoms with Crippen molar-refractivity contribution in [1.29, 1.82) is 0 Å². The van der Waals surface area contributed by atoms with Gasteiger partial charge in [-0.3, -0.25) is 4.89 Å². The molecule has 0 saturated heterocycles. The lowest BCUT2D eigenvalue weighted by Crippen LogP contribution is -2.21. The summed E-state index contributed by atoms with van der Waals surface area (Å²) in [6.45, 7) is 9.00. The Kier molecular flexibility index (Phi) is 6.24. The number of hydrogen-bond donors (Lipinski definition) is 0. The molecule has 0 amide bonds. The van der Waals surface area contributed by atoms with Crippen LogP contribution in [-0.4, -0.2) is 12.1 Å². The second-order valence-corrected chi connectivity index (χ2v) is 3.32. The fraction of sp³-hybridized carbons (Fsp3) is 0.700. The zero-order valence-corrected chi connectivity index (χ0v) is 8.58. The summed E-state index contributed by atoms with van der Waals surface area (Å²) < 4.78 is 0. The minimum atomic E-state index is -0.413. The summed E-state index contributed by atoms with van der Waals surface area (Å²) in [4.78, 5) is 19.9. The molecule has 0 aromatic rings. The van der Waals surface area contributed by atoms with Crippen molar-refractivity contribution in [3.63, 3.8) is 0 Å². The molecule has 0 heterocycles. The van der Waals surface area contributed by atoms with Gasteiger partial charge < -0.3 is 0 Å². The van der Waals surface area contributed by atoms with Crippen LogP contribution in [-0.2, 0) is 14.6 Å². The highest BCUT2D eigenvalue weighted by molar-refractivity contribution is 5.65. The van der Waals surface area contributed by atoms with Crippen LogP contribution in [0.5, 0.6) is 0 Å². The molecule has 1 unspecified atom stereocenters. The van der Waals surface area contributed by atoms with E-state index in [4.69, 9.17) is 4.89 Å². The van der Waals surface area contributed by atoms with E-state index in [1.807, 2.05) is 19.9 Å². The van der Waals surface area contributed by atoms with Gasteiger partial charge in [-0.2, -0.15) is 4.89 Å². The van der Waals surface area contributed by atoms with E-state index >= 15 is 0 Å². The Morgan fingerprint density at radius 2 is 2.15 bits per heavy atom. The van der Waals surface area contributed by atoms with E-state index in [1.54, 1.807) is 0 Å². The predicted octanol–water partition coefficient (Wildman–Crippen LogP) is 2.47. The molecule has 0 aromatic heterocycles. The second kappa shape index (κ2) is 6.66. The standard InChI is InChI=1S/C10H18O3/c1-5-6-7-10(8(2)3)13-12-9(4)11/h5,8,10H,1,6-7H2,2-4H3. The molecule has 0 aliphatic carbocycles. The molecule has 0 aromatic carbocycles. The lowest BCUT2D eigenvalue weighted by atomic mass is 10.0. The molecule has 0 saturated carbocycles. The van der Waals surface area contributed by atoms with E-state index < -0.39 is 5.97 Å². The fourth-order valence-corrected chi connectivity index (χ4v) is 0.904. The first-order valence-corrected chi connectivity index (χ1v) is 4.52. The van der Waals surface area contributed by atoms with Crippen molar-refractivity contribution >= 4 is 5.97 Å². The smallest absolute Gasteiger partial charge is 0.298 e. The number of rotatable bonds is 6. The monoisotopic (exact) mass is 186 g/mol. The Bertz CT molecular complexity index is 164.